The molecule has 1 atom stereocenters. The van der Waals surface area contributed by atoms with Crippen molar-refractivity contribution in [2.45, 2.75) is 40.2 Å². The van der Waals surface area contributed by atoms with Gasteiger partial charge in [0, 0.05) is 5.39 Å². The first-order valence-corrected chi connectivity index (χ1v) is 6.65. The van der Waals surface area contributed by atoms with Crippen LogP contribution in [0, 0.1) is 5.41 Å². The first-order valence-electron chi connectivity index (χ1n) is 6.65. The van der Waals surface area contributed by atoms with Crippen LogP contribution in [0.3, 0.4) is 0 Å². The van der Waals surface area contributed by atoms with E-state index in [2.05, 4.69) is 13.0 Å². The van der Waals surface area contributed by atoms with Crippen LogP contribution in [0.25, 0.3) is 11.0 Å². The van der Waals surface area contributed by atoms with Gasteiger partial charge in [0.25, 0.3) is 0 Å². The van der Waals surface area contributed by atoms with Crippen molar-refractivity contribution in [2.24, 2.45) is 5.41 Å². The largest absolute Gasteiger partial charge is 0.493 e. The molecule has 19 heavy (non-hydrogen) atoms. The van der Waals surface area contributed by atoms with E-state index in [4.69, 9.17) is 9.15 Å². The molecule has 1 N–H and O–H groups in total. The minimum absolute atomic E-state index is 0.255. The Balaban J connectivity index is 2.56. The number of ether oxygens (including phenoxy) is 1. The highest BCUT2D eigenvalue weighted by Gasteiger charge is 2.27. The summed E-state index contributed by atoms with van der Waals surface area (Å²) in [6.07, 6.45) is 0.309. The third-order valence-electron chi connectivity index (χ3n) is 3.38. The van der Waals surface area contributed by atoms with Gasteiger partial charge in [0.2, 0.25) is 0 Å². The first kappa shape index (κ1) is 13.9. The molecule has 0 aliphatic heterocycles. The molecular formula is C16H22O3. The number of aliphatic hydroxyl groups is 1. The molecule has 0 bridgehead atoms. The van der Waals surface area contributed by atoms with Crippen molar-refractivity contribution in [1.29, 1.82) is 0 Å². The van der Waals surface area contributed by atoms with Crippen molar-refractivity contribution in [1.82, 2.24) is 0 Å². The fourth-order valence-corrected chi connectivity index (χ4v) is 2.12. The van der Waals surface area contributed by atoms with Crippen molar-refractivity contribution in [3.8, 4) is 5.75 Å². The van der Waals surface area contributed by atoms with Crippen LogP contribution in [0.2, 0.25) is 0 Å². The van der Waals surface area contributed by atoms with Crippen LogP contribution in [0.15, 0.2) is 22.6 Å². The molecule has 1 aromatic heterocycles. The summed E-state index contributed by atoms with van der Waals surface area (Å²) in [7, 11) is 1.64. The second kappa shape index (κ2) is 4.89. The molecule has 0 aliphatic rings. The number of furan rings is 1. The van der Waals surface area contributed by atoms with Crippen LogP contribution >= 0.6 is 0 Å². The van der Waals surface area contributed by atoms with Crippen molar-refractivity contribution in [3.63, 3.8) is 0 Å². The van der Waals surface area contributed by atoms with E-state index >= 15 is 0 Å². The Bertz CT molecular complexity index is 575. The van der Waals surface area contributed by atoms with Gasteiger partial charge >= 0.3 is 0 Å². The molecule has 104 valence electrons. The van der Waals surface area contributed by atoms with E-state index in [-0.39, 0.29) is 5.41 Å². The molecule has 1 aromatic carbocycles. The number of hydrogen-bond acceptors (Lipinski definition) is 3. The van der Waals surface area contributed by atoms with Crippen LogP contribution in [-0.2, 0) is 6.42 Å². The van der Waals surface area contributed by atoms with E-state index < -0.39 is 6.10 Å². The second-order valence-electron chi connectivity index (χ2n) is 5.99. The summed E-state index contributed by atoms with van der Waals surface area (Å²) >= 11 is 0. The Kier molecular flexibility index (Phi) is 3.59. The molecule has 0 saturated carbocycles. The SMILES string of the molecule is CCc1cc(OC)c2oc(C(O)C(C)(C)C)cc2c1. The van der Waals surface area contributed by atoms with Gasteiger partial charge in [-0.2, -0.15) is 0 Å². The standard InChI is InChI=1S/C16H22O3/c1-6-10-7-11-9-13(15(17)16(2,3)4)19-14(11)12(8-10)18-5/h7-9,15,17H,6H2,1-5H3. The molecule has 2 rings (SSSR count). The zero-order valence-corrected chi connectivity index (χ0v) is 12.3. The Morgan fingerprint density at radius 3 is 2.47 bits per heavy atom. The Morgan fingerprint density at radius 2 is 1.95 bits per heavy atom. The molecule has 1 unspecified atom stereocenters. The van der Waals surface area contributed by atoms with Gasteiger partial charge < -0.3 is 14.3 Å². The monoisotopic (exact) mass is 262 g/mol. The summed E-state index contributed by atoms with van der Waals surface area (Å²) in [6, 6.07) is 5.98. The molecule has 0 fully saturated rings. The molecule has 0 amide bonds. The summed E-state index contributed by atoms with van der Waals surface area (Å²) in [4.78, 5) is 0. The fourth-order valence-electron chi connectivity index (χ4n) is 2.12. The van der Waals surface area contributed by atoms with Crippen molar-refractivity contribution in [2.75, 3.05) is 7.11 Å². The molecular weight excluding hydrogens is 240 g/mol. The predicted molar refractivity (Wildman–Crippen MR) is 76.6 cm³/mol. The van der Waals surface area contributed by atoms with E-state index in [1.54, 1.807) is 7.11 Å². The van der Waals surface area contributed by atoms with Gasteiger partial charge in [-0.05, 0) is 35.6 Å². The molecule has 3 heteroatoms. The van der Waals surface area contributed by atoms with E-state index in [1.807, 2.05) is 32.9 Å². The first-order chi connectivity index (χ1) is 8.86. The topological polar surface area (TPSA) is 42.6 Å². The van der Waals surface area contributed by atoms with Gasteiger partial charge in [0.05, 0.1) is 7.11 Å². The van der Waals surface area contributed by atoms with Gasteiger partial charge in [0.1, 0.15) is 11.9 Å². The van der Waals surface area contributed by atoms with Gasteiger partial charge in [-0.1, -0.05) is 27.7 Å². The lowest BCUT2D eigenvalue weighted by Gasteiger charge is -2.23. The molecule has 0 radical (unpaired) electrons. The van der Waals surface area contributed by atoms with Crippen LogP contribution in [0.1, 0.15) is 45.1 Å². The predicted octanol–water partition coefficient (Wildman–Crippen LogP) is 4.08. The van der Waals surface area contributed by atoms with Gasteiger partial charge in [-0.15, -0.1) is 0 Å². The van der Waals surface area contributed by atoms with Gasteiger partial charge in [-0.25, -0.2) is 0 Å². The lowest BCUT2D eigenvalue weighted by Crippen LogP contribution is -2.16. The maximum atomic E-state index is 10.3. The second-order valence-corrected chi connectivity index (χ2v) is 5.99. The number of rotatable bonds is 3. The third-order valence-corrected chi connectivity index (χ3v) is 3.38. The molecule has 0 saturated heterocycles. The number of hydrogen-bond donors (Lipinski definition) is 1. The maximum absolute atomic E-state index is 10.3. The average molecular weight is 262 g/mol. The normalized spacial score (nSPS) is 13.8. The summed E-state index contributed by atoms with van der Waals surface area (Å²) < 4.78 is 11.2. The summed E-state index contributed by atoms with van der Waals surface area (Å²) in [5.74, 6) is 1.32. The average Bonchev–Trinajstić information content (AvgIpc) is 2.78. The number of aliphatic hydroxyl groups excluding tert-OH is 1. The summed E-state index contributed by atoms with van der Waals surface area (Å²) in [5.41, 5.74) is 1.65. The van der Waals surface area contributed by atoms with E-state index in [1.165, 1.54) is 5.56 Å². The highest BCUT2D eigenvalue weighted by Crippen LogP contribution is 2.38. The lowest BCUT2D eigenvalue weighted by molar-refractivity contribution is 0.0447. The fraction of sp³-hybridized carbons (Fsp3) is 0.500. The molecule has 2 aromatic rings. The summed E-state index contributed by atoms with van der Waals surface area (Å²) in [6.45, 7) is 8.06. The Morgan fingerprint density at radius 1 is 1.26 bits per heavy atom. The van der Waals surface area contributed by atoms with Crippen LogP contribution in [-0.4, -0.2) is 12.2 Å². The highest BCUT2D eigenvalue weighted by molar-refractivity contribution is 5.84. The van der Waals surface area contributed by atoms with E-state index in [0.29, 0.717) is 11.3 Å². The molecule has 3 nitrogen and oxygen atoms in total. The number of benzene rings is 1. The quantitative estimate of drug-likeness (QED) is 0.906. The van der Waals surface area contributed by atoms with Crippen LogP contribution < -0.4 is 4.74 Å². The molecule has 0 aliphatic carbocycles. The van der Waals surface area contributed by atoms with E-state index in [9.17, 15) is 5.11 Å². The van der Waals surface area contributed by atoms with Crippen molar-refractivity contribution in [3.05, 3.63) is 29.5 Å². The van der Waals surface area contributed by atoms with E-state index in [0.717, 1.165) is 17.6 Å². The lowest BCUT2D eigenvalue weighted by atomic mass is 9.88. The number of fused-ring (bicyclic) bond motifs is 1. The molecule has 0 spiro atoms. The van der Waals surface area contributed by atoms with Gasteiger partial charge in [-0.3, -0.25) is 0 Å². The summed E-state index contributed by atoms with van der Waals surface area (Å²) in [5, 5.41) is 11.3. The van der Waals surface area contributed by atoms with Crippen molar-refractivity contribution >= 4 is 11.0 Å². The van der Waals surface area contributed by atoms with Crippen molar-refractivity contribution < 1.29 is 14.3 Å². The zero-order valence-electron chi connectivity index (χ0n) is 12.3. The number of methoxy groups -OCH3 is 1. The van der Waals surface area contributed by atoms with Gasteiger partial charge in [0.15, 0.2) is 11.3 Å². The molecule has 1 heterocycles. The zero-order chi connectivity index (χ0) is 14.2. The Hall–Kier alpha value is -1.48. The third kappa shape index (κ3) is 2.61. The van der Waals surface area contributed by atoms with Crippen LogP contribution in [0.5, 0.6) is 5.75 Å². The van der Waals surface area contributed by atoms with Crippen LogP contribution in [0.4, 0.5) is 0 Å². The minimum atomic E-state index is -0.630. The number of aryl methyl sites for hydroxylation is 1. The maximum Gasteiger partial charge on any atom is 0.176 e. The Labute approximate surface area is 114 Å². The smallest absolute Gasteiger partial charge is 0.176 e. The highest BCUT2D eigenvalue weighted by atomic mass is 16.5. The minimum Gasteiger partial charge on any atom is -0.493 e.